The van der Waals surface area contributed by atoms with Gasteiger partial charge in [-0.25, -0.2) is 0 Å². The van der Waals surface area contributed by atoms with Crippen LogP contribution in [0, 0.1) is 0 Å². The molecule has 2 heteroatoms. The Morgan fingerprint density at radius 3 is 2.56 bits per heavy atom. The van der Waals surface area contributed by atoms with Crippen molar-refractivity contribution in [3.63, 3.8) is 0 Å². The first-order valence-corrected chi connectivity index (χ1v) is 7.21. The van der Waals surface area contributed by atoms with Gasteiger partial charge in [-0.05, 0) is 58.7 Å². The Morgan fingerprint density at radius 2 is 2.06 bits per heavy atom. The molecule has 1 fully saturated rings. The van der Waals surface area contributed by atoms with Crippen LogP contribution in [0.1, 0.15) is 58.8 Å². The molecule has 16 heavy (non-hydrogen) atoms. The van der Waals surface area contributed by atoms with Crippen molar-refractivity contribution >= 4 is 0 Å². The maximum absolute atomic E-state index is 3.63. The Morgan fingerprint density at radius 1 is 1.31 bits per heavy atom. The number of nitrogens with zero attached hydrogens (tertiary/aromatic N) is 1. The molecule has 0 saturated heterocycles. The van der Waals surface area contributed by atoms with Crippen LogP contribution in [0.4, 0.5) is 0 Å². The van der Waals surface area contributed by atoms with E-state index in [4.69, 9.17) is 0 Å². The van der Waals surface area contributed by atoms with Gasteiger partial charge in [0.15, 0.2) is 0 Å². The minimum Gasteiger partial charge on any atom is -0.314 e. The highest BCUT2D eigenvalue weighted by Gasteiger charge is 2.21. The van der Waals surface area contributed by atoms with E-state index in [0.29, 0.717) is 0 Å². The standard InChI is InChI=1S/C14H30N2/c1-4-11-15-13(5-2)8-7-12-16(3)14-9-6-10-14/h13-15H,4-12H2,1-3H3. The Kier molecular flexibility index (Phi) is 7.06. The zero-order valence-electron chi connectivity index (χ0n) is 11.5. The van der Waals surface area contributed by atoms with E-state index < -0.39 is 0 Å². The van der Waals surface area contributed by atoms with Gasteiger partial charge in [0.05, 0.1) is 0 Å². The Labute approximate surface area is 102 Å². The molecule has 0 aromatic heterocycles. The lowest BCUT2D eigenvalue weighted by atomic mass is 9.91. The fraction of sp³-hybridized carbons (Fsp3) is 1.00. The van der Waals surface area contributed by atoms with Crippen LogP contribution in [0.15, 0.2) is 0 Å². The summed E-state index contributed by atoms with van der Waals surface area (Å²) in [6, 6.07) is 1.65. The Bertz CT molecular complexity index is 166. The molecule has 1 aliphatic rings. The lowest BCUT2D eigenvalue weighted by Crippen LogP contribution is -2.38. The molecule has 0 amide bonds. The number of hydrogen-bond acceptors (Lipinski definition) is 2. The molecule has 1 atom stereocenters. The average Bonchev–Trinajstić information content (AvgIpc) is 2.20. The van der Waals surface area contributed by atoms with Gasteiger partial charge in [0, 0.05) is 12.1 Å². The topological polar surface area (TPSA) is 15.3 Å². The Hall–Kier alpha value is -0.0800. The number of nitrogens with one attached hydrogen (secondary N) is 1. The molecular formula is C14H30N2. The van der Waals surface area contributed by atoms with Crippen molar-refractivity contribution in [2.24, 2.45) is 0 Å². The van der Waals surface area contributed by atoms with Gasteiger partial charge in [-0.15, -0.1) is 0 Å². The summed E-state index contributed by atoms with van der Waals surface area (Å²) in [5.74, 6) is 0. The monoisotopic (exact) mass is 226 g/mol. The second-order valence-electron chi connectivity index (χ2n) is 5.27. The van der Waals surface area contributed by atoms with E-state index in [1.54, 1.807) is 0 Å². The van der Waals surface area contributed by atoms with E-state index in [1.165, 1.54) is 58.0 Å². The third-order valence-electron chi connectivity index (χ3n) is 3.94. The zero-order chi connectivity index (χ0) is 11.8. The number of rotatable bonds is 9. The van der Waals surface area contributed by atoms with Gasteiger partial charge >= 0.3 is 0 Å². The van der Waals surface area contributed by atoms with Gasteiger partial charge in [-0.1, -0.05) is 20.3 Å². The van der Waals surface area contributed by atoms with Gasteiger partial charge in [0.2, 0.25) is 0 Å². The van der Waals surface area contributed by atoms with E-state index in [9.17, 15) is 0 Å². The molecule has 2 nitrogen and oxygen atoms in total. The quantitative estimate of drug-likeness (QED) is 0.650. The molecule has 96 valence electrons. The molecule has 0 heterocycles. The van der Waals surface area contributed by atoms with Crippen molar-refractivity contribution < 1.29 is 0 Å². The zero-order valence-corrected chi connectivity index (χ0v) is 11.5. The summed E-state index contributed by atoms with van der Waals surface area (Å²) in [6.45, 7) is 7.00. The van der Waals surface area contributed by atoms with Crippen LogP contribution in [-0.4, -0.2) is 37.1 Å². The highest BCUT2D eigenvalue weighted by atomic mass is 15.1. The summed E-state index contributed by atoms with van der Waals surface area (Å²) < 4.78 is 0. The second kappa shape index (κ2) is 8.08. The summed E-state index contributed by atoms with van der Waals surface area (Å²) in [5.41, 5.74) is 0. The molecule has 0 aliphatic heterocycles. The van der Waals surface area contributed by atoms with Gasteiger partial charge in [-0.2, -0.15) is 0 Å². The SMILES string of the molecule is CCCNC(CC)CCCN(C)C1CCC1. The highest BCUT2D eigenvalue weighted by molar-refractivity contribution is 4.78. The largest absolute Gasteiger partial charge is 0.314 e. The van der Waals surface area contributed by atoms with Crippen molar-refractivity contribution in [2.75, 3.05) is 20.1 Å². The van der Waals surface area contributed by atoms with E-state index in [1.807, 2.05) is 0 Å². The van der Waals surface area contributed by atoms with E-state index in [0.717, 1.165) is 12.1 Å². The van der Waals surface area contributed by atoms with Crippen molar-refractivity contribution in [1.29, 1.82) is 0 Å². The third-order valence-corrected chi connectivity index (χ3v) is 3.94. The summed E-state index contributed by atoms with van der Waals surface area (Å²) in [7, 11) is 2.30. The van der Waals surface area contributed by atoms with Crippen LogP contribution in [0.5, 0.6) is 0 Å². The first-order chi connectivity index (χ1) is 7.77. The molecule has 0 aromatic carbocycles. The van der Waals surface area contributed by atoms with Crippen LogP contribution >= 0.6 is 0 Å². The molecule has 0 aromatic rings. The molecule has 1 rings (SSSR count). The molecule has 1 saturated carbocycles. The second-order valence-corrected chi connectivity index (χ2v) is 5.27. The highest BCUT2D eigenvalue weighted by Crippen LogP contribution is 2.23. The molecule has 0 radical (unpaired) electrons. The van der Waals surface area contributed by atoms with Crippen LogP contribution in [0.2, 0.25) is 0 Å². The minimum atomic E-state index is 0.745. The summed E-state index contributed by atoms with van der Waals surface area (Å²) in [4.78, 5) is 2.57. The number of hydrogen-bond donors (Lipinski definition) is 1. The molecule has 0 bridgehead atoms. The van der Waals surface area contributed by atoms with Crippen LogP contribution in [0.25, 0.3) is 0 Å². The van der Waals surface area contributed by atoms with Crippen LogP contribution in [-0.2, 0) is 0 Å². The maximum atomic E-state index is 3.63. The molecule has 1 aliphatic carbocycles. The van der Waals surface area contributed by atoms with Crippen molar-refractivity contribution in [1.82, 2.24) is 10.2 Å². The van der Waals surface area contributed by atoms with Gasteiger partial charge < -0.3 is 10.2 Å². The molecule has 0 spiro atoms. The fourth-order valence-corrected chi connectivity index (χ4v) is 2.40. The lowest BCUT2D eigenvalue weighted by molar-refractivity contribution is 0.155. The van der Waals surface area contributed by atoms with Crippen molar-refractivity contribution in [2.45, 2.75) is 70.9 Å². The lowest BCUT2D eigenvalue weighted by Gasteiger charge is -2.35. The Balaban J connectivity index is 2.02. The summed E-state index contributed by atoms with van der Waals surface area (Å²) >= 11 is 0. The van der Waals surface area contributed by atoms with Crippen LogP contribution in [0.3, 0.4) is 0 Å². The molecular weight excluding hydrogens is 196 g/mol. The average molecular weight is 226 g/mol. The predicted molar refractivity (Wildman–Crippen MR) is 71.9 cm³/mol. The van der Waals surface area contributed by atoms with Crippen molar-refractivity contribution in [3.8, 4) is 0 Å². The maximum Gasteiger partial charge on any atom is 0.00922 e. The van der Waals surface area contributed by atoms with E-state index in [-0.39, 0.29) is 0 Å². The third kappa shape index (κ3) is 4.84. The minimum absolute atomic E-state index is 0.745. The first-order valence-electron chi connectivity index (χ1n) is 7.21. The first kappa shape index (κ1) is 14.0. The van der Waals surface area contributed by atoms with Crippen molar-refractivity contribution in [3.05, 3.63) is 0 Å². The summed E-state index contributed by atoms with van der Waals surface area (Å²) in [6.07, 6.45) is 9.52. The van der Waals surface area contributed by atoms with Crippen LogP contribution < -0.4 is 5.32 Å². The van der Waals surface area contributed by atoms with Gasteiger partial charge in [0.1, 0.15) is 0 Å². The normalized spacial score (nSPS) is 18.8. The van der Waals surface area contributed by atoms with E-state index in [2.05, 4.69) is 31.1 Å². The fourth-order valence-electron chi connectivity index (χ4n) is 2.40. The molecule has 1 unspecified atom stereocenters. The summed E-state index contributed by atoms with van der Waals surface area (Å²) in [5, 5.41) is 3.63. The molecule has 1 N–H and O–H groups in total. The predicted octanol–water partition coefficient (Wildman–Crippen LogP) is 3.03. The van der Waals surface area contributed by atoms with Gasteiger partial charge in [0.25, 0.3) is 0 Å². The smallest absolute Gasteiger partial charge is 0.00922 e. The van der Waals surface area contributed by atoms with E-state index >= 15 is 0 Å². The van der Waals surface area contributed by atoms with Gasteiger partial charge in [-0.3, -0.25) is 0 Å².